The van der Waals surface area contributed by atoms with Crippen molar-refractivity contribution in [2.45, 2.75) is 19.4 Å². The molecule has 0 fully saturated rings. The van der Waals surface area contributed by atoms with Crippen LogP contribution in [0.4, 0.5) is 0 Å². The Kier molecular flexibility index (Phi) is 4.70. The molecule has 2 nitrogen and oxygen atoms in total. The van der Waals surface area contributed by atoms with Gasteiger partial charge in [-0.3, -0.25) is 0 Å². The first-order valence-electron chi connectivity index (χ1n) is 5.24. The van der Waals surface area contributed by atoms with Crippen LogP contribution in [-0.2, 0) is 0 Å². The number of halogens is 2. The highest BCUT2D eigenvalue weighted by atomic mass is 35.5. The Morgan fingerprint density at radius 3 is 2.61 bits per heavy atom. The smallest absolute Gasteiger partial charge is 0.141 e. The van der Waals surface area contributed by atoms with Gasteiger partial charge in [-0.1, -0.05) is 35.2 Å². The zero-order valence-electron chi connectivity index (χ0n) is 10.4. The first kappa shape index (κ1) is 14.9. The van der Waals surface area contributed by atoms with Gasteiger partial charge in [-0.25, -0.2) is 0 Å². The molecule has 0 aromatic heterocycles. The summed E-state index contributed by atoms with van der Waals surface area (Å²) in [6.45, 7) is 3.33. The van der Waals surface area contributed by atoms with Crippen molar-refractivity contribution in [2.75, 3.05) is 7.11 Å². The summed E-state index contributed by atoms with van der Waals surface area (Å²) >= 11 is 12.3. The molecule has 1 aromatic rings. The zero-order chi connectivity index (χ0) is 13.9. The molecular formula is C14H14Cl2O2. The van der Waals surface area contributed by atoms with Crippen LogP contribution >= 0.6 is 23.2 Å². The molecule has 1 N–H and O–H groups in total. The Morgan fingerprint density at radius 1 is 1.50 bits per heavy atom. The predicted octanol–water partition coefficient (Wildman–Crippen LogP) is 3.71. The summed E-state index contributed by atoms with van der Waals surface area (Å²) in [4.78, 5) is 0. The lowest BCUT2D eigenvalue weighted by atomic mass is 10.0. The Morgan fingerprint density at radius 2 is 2.11 bits per heavy atom. The summed E-state index contributed by atoms with van der Waals surface area (Å²) in [5, 5.41) is 10.6. The van der Waals surface area contributed by atoms with E-state index in [-0.39, 0.29) is 0 Å². The average molecular weight is 285 g/mol. The lowest BCUT2D eigenvalue weighted by molar-refractivity contribution is 0.175. The van der Waals surface area contributed by atoms with Crippen LogP contribution in [0.25, 0.3) is 6.08 Å². The third-order valence-corrected chi connectivity index (χ3v) is 3.34. The van der Waals surface area contributed by atoms with Gasteiger partial charge in [0, 0.05) is 11.1 Å². The molecule has 1 aromatic carbocycles. The molecule has 0 saturated carbocycles. The van der Waals surface area contributed by atoms with Gasteiger partial charge >= 0.3 is 0 Å². The van der Waals surface area contributed by atoms with E-state index < -0.39 is 5.60 Å². The highest BCUT2D eigenvalue weighted by Gasteiger charge is 2.14. The molecule has 0 radical (unpaired) electrons. The van der Waals surface area contributed by atoms with Crippen molar-refractivity contribution in [3.8, 4) is 18.1 Å². The van der Waals surface area contributed by atoms with Gasteiger partial charge in [0.05, 0.1) is 17.2 Å². The maximum absolute atomic E-state index is 9.70. The van der Waals surface area contributed by atoms with E-state index in [1.165, 1.54) is 13.0 Å². The van der Waals surface area contributed by atoms with Gasteiger partial charge < -0.3 is 9.84 Å². The molecule has 1 atom stereocenters. The van der Waals surface area contributed by atoms with E-state index in [1.807, 2.05) is 6.92 Å². The van der Waals surface area contributed by atoms with Crippen LogP contribution in [0, 0.1) is 19.3 Å². The highest BCUT2D eigenvalue weighted by Crippen LogP contribution is 2.35. The topological polar surface area (TPSA) is 29.5 Å². The van der Waals surface area contributed by atoms with E-state index in [0.717, 1.165) is 5.56 Å². The highest BCUT2D eigenvalue weighted by molar-refractivity contribution is 6.37. The standard InChI is InChI=1S/C14H14Cl2O2/c1-5-14(3,17)7-6-10-11(15)8-12(18-4)9(2)13(10)16/h1,6-8,17H,2-4H3. The number of ether oxygens (including phenoxy) is 1. The van der Waals surface area contributed by atoms with Crippen molar-refractivity contribution in [2.24, 2.45) is 0 Å². The van der Waals surface area contributed by atoms with E-state index in [2.05, 4.69) is 5.92 Å². The number of terminal acetylenes is 1. The van der Waals surface area contributed by atoms with Gasteiger partial charge in [-0.15, -0.1) is 6.42 Å². The molecule has 0 spiro atoms. The largest absolute Gasteiger partial charge is 0.496 e. The Bertz CT molecular complexity index is 526. The van der Waals surface area contributed by atoms with Gasteiger partial charge in [0.1, 0.15) is 11.4 Å². The van der Waals surface area contributed by atoms with Crippen LogP contribution in [0.3, 0.4) is 0 Å². The van der Waals surface area contributed by atoms with Crippen LogP contribution in [0.5, 0.6) is 5.75 Å². The van der Waals surface area contributed by atoms with E-state index in [1.54, 1.807) is 19.3 Å². The summed E-state index contributed by atoms with van der Waals surface area (Å²) < 4.78 is 5.15. The third-order valence-electron chi connectivity index (χ3n) is 2.54. The summed E-state index contributed by atoms with van der Waals surface area (Å²) in [5.74, 6) is 2.86. The van der Waals surface area contributed by atoms with Crippen LogP contribution in [0.2, 0.25) is 10.0 Å². The molecular weight excluding hydrogens is 271 g/mol. The number of rotatable bonds is 3. The molecule has 4 heteroatoms. The second kappa shape index (κ2) is 5.67. The number of aliphatic hydroxyl groups is 1. The summed E-state index contributed by atoms with van der Waals surface area (Å²) in [7, 11) is 1.55. The summed E-state index contributed by atoms with van der Waals surface area (Å²) in [6, 6.07) is 1.67. The van der Waals surface area contributed by atoms with Gasteiger partial charge in [-0.05, 0) is 26.0 Å². The molecule has 1 rings (SSSR count). The summed E-state index contributed by atoms with van der Waals surface area (Å²) in [5.41, 5.74) is 0.0521. The van der Waals surface area contributed by atoms with Crippen LogP contribution < -0.4 is 4.74 Å². The van der Waals surface area contributed by atoms with Gasteiger partial charge in [-0.2, -0.15) is 0 Å². The number of benzene rings is 1. The Hall–Kier alpha value is -1.14. The van der Waals surface area contributed by atoms with Crippen LogP contribution in [0.1, 0.15) is 18.1 Å². The maximum atomic E-state index is 9.70. The predicted molar refractivity (Wildman–Crippen MR) is 76.2 cm³/mol. The third kappa shape index (κ3) is 3.20. The molecule has 0 amide bonds. The van der Waals surface area contributed by atoms with E-state index in [4.69, 9.17) is 34.4 Å². The van der Waals surface area contributed by atoms with Crippen LogP contribution in [0.15, 0.2) is 12.1 Å². The molecule has 0 bridgehead atoms. The van der Waals surface area contributed by atoms with Crippen molar-refractivity contribution in [3.63, 3.8) is 0 Å². The van der Waals surface area contributed by atoms with Crippen molar-refractivity contribution < 1.29 is 9.84 Å². The second-order valence-electron chi connectivity index (χ2n) is 4.04. The first-order chi connectivity index (χ1) is 8.32. The molecule has 18 heavy (non-hydrogen) atoms. The van der Waals surface area contributed by atoms with Crippen molar-refractivity contribution in [1.29, 1.82) is 0 Å². The Labute approximate surface area is 117 Å². The zero-order valence-corrected chi connectivity index (χ0v) is 11.9. The van der Waals surface area contributed by atoms with E-state index in [9.17, 15) is 5.11 Å². The van der Waals surface area contributed by atoms with E-state index in [0.29, 0.717) is 21.4 Å². The van der Waals surface area contributed by atoms with Crippen molar-refractivity contribution in [1.82, 2.24) is 0 Å². The van der Waals surface area contributed by atoms with Gasteiger partial charge in [0.2, 0.25) is 0 Å². The maximum Gasteiger partial charge on any atom is 0.141 e. The minimum absolute atomic E-state index is 0.437. The molecule has 0 aliphatic rings. The van der Waals surface area contributed by atoms with Crippen LogP contribution in [-0.4, -0.2) is 17.8 Å². The molecule has 0 aliphatic carbocycles. The van der Waals surface area contributed by atoms with Gasteiger partial charge in [0.15, 0.2) is 0 Å². The fraction of sp³-hybridized carbons (Fsp3) is 0.286. The lowest BCUT2D eigenvalue weighted by Crippen LogP contribution is -2.16. The molecule has 0 heterocycles. The van der Waals surface area contributed by atoms with Gasteiger partial charge in [0.25, 0.3) is 0 Å². The lowest BCUT2D eigenvalue weighted by Gasteiger charge is -2.13. The number of hydrogen-bond acceptors (Lipinski definition) is 2. The van der Waals surface area contributed by atoms with Crippen molar-refractivity contribution >= 4 is 29.3 Å². The summed E-state index contributed by atoms with van der Waals surface area (Å²) in [6.07, 6.45) is 8.26. The monoisotopic (exact) mass is 284 g/mol. The van der Waals surface area contributed by atoms with E-state index >= 15 is 0 Å². The molecule has 1 unspecified atom stereocenters. The minimum Gasteiger partial charge on any atom is -0.496 e. The fourth-order valence-corrected chi connectivity index (χ4v) is 1.94. The Balaban J connectivity index is 3.28. The van der Waals surface area contributed by atoms with Crippen molar-refractivity contribution in [3.05, 3.63) is 33.3 Å². The quantitative estimate of drug-likeness (QED) is 0.858. The average Bonchev–Trinajstić information content (AvgIpc) is 2.33. The fourth-order valence-electron chi connectivity index (χ4n) is 1.37. The SMILES string of the molecule is C#CC(C)(O)C=Cc1c(Cl)cc(OC)c(C)c1Cl. The number of methoxy groups -OCH3 is 1. The molecule has 0 aliphatic heterocycles. The number of hydrogen-bond donors (Lipinski definition) is 1. The second-order valence-corrected chi connectivity index (χ2v) is 4.82. The first-order valence-corrected chi connectivity index (χ1v) is 6.00. The minimum atomic E-state index is -1.33. The molecule has 0 saturated heterocycles. The molecule has 96 valence electrons. The normalized spacial score (nSPS) is 14.3.